The molecule has 1 unspecified atom stereocenters. The van der Waals surface area contributed by atoms with Gasteiger partial charge in [-0.25, -0.2) is 0 Å². The second-order valence-electron chi connectivity index (χ2n) is 6.22. The third-order valence-electron chi connectivity index (χ3n) is 4.17. The number of ether oxygens (including phenoxy) is 1. The first kappa shape index (κ1) is 19.2. The lowest BCUT2D eigenvalue weighted by Gasteiger charge is -2.31. The summed E-state index contributed by atoms with van der Waals surface area (Å²) < 4.78 is 5.40. The number of nitrogens with one attached hydrogen (secondary N) is 2. The Hall–Kier alpha value is -0.850. The highest BCUT2D eigenvalue weighted by molar-refractivity contribution is 5.79. The second kappa shape index (κ2) is 10.8. The molecule has 0 bridgehead atoms. The van der Waals surface area contributed by atoms with Gasteiger partial charge in [-0.3, -0.25) is 9.89 Å². The zero-order valence-electron chi connectivity index (χ0n) is 15.1. The molecule has 22 heavy (non-hydrogen) atoms. The molecule has 1 saturated heterocycles. The molecule has 0 spiro atoms. The van der Waals surface area contributed by atoms with Gasteiger partial charge in [0.1, 0.15) is 0 Å². The Kier molecular flexibility index (Phi) is 9.43. The monoisotopic (exact) mass is 313 g/mol. The van der Waals surface area contributed by atoms with Gasteiger partial charge in [-0.2, -0.15) is 0 Å². The highest BCUT2D eigenvalue weighted by Crippen LogP contribution is 2.03. The van der Waals surface area contributed by atoms with Crippen molar-refractivity contribution in [3.63, 3.8) is 0 Å². The molecule has 0 aromatic rings. The van der Waals surface area contributed by atoms with Crippen LogP contribution >= 0.6 is 0 Å². The van der Waals surface area contributed by atoms with Crippen LogP contribution in [0.2, 0.25) is 0 Å². The molecule has 2 N–H and O–H groups in total. The van der Waals surface area contributed by atoms with Gasteiger partial charge in [0.2, 0.25) is 0 Å². The summed E-state index contributed by atoms with van der Waals surface area (Å²) in [5, 5.41) is 6.74. The maximum absolute atomic E-state index is 5.40. The third-order valence-corrected chi connectivity index (χ3v) is 4.17. The van der Waals surface area contributed by atoms with E-state index in [0.717, 1.165) is 58.4 Å². The smallest absolute Gasteiger partial charge is 0.191 e. The van der Waals surface area contributed by atoms with Crippen molar-refractivity contribution >= 4 is 5.96 Å². The number of likely N-dealkylation sites (N-methyl/N-ethyl adjacent to an activating group) is 1. The Morgan fingerprint density at radius 2 is 1.91 bits per heavy atom. The Labute approximate surface area is 136 Å². The first-order valence-corrected chi connectivity index (χ1v) is 8.58. The zero-order chi connectivity index (χ0) is 16.4. The van der Waals surface area contributed by atoms with Gasteiger partial charge in [0.25, 0.3) is 0 Å². The molecular formula is C16H35N5O. The Balaban J connectivity index is 2.36. The van der Waals surface area contributed by atoms with Crippen molar-refractivity contribution in [1.29, 1.82) is 0 Å². The summed E-state index contributed by atoms with van der Waals surface area (Å²) in [5.41, 5.74) is 0. The maximum atomic E-state index is 5.40. The van der Waals surface area contributed by atoms with Crippen LogP contribution in [0.15, 0.2) is 4.99 Å². The molecule has 1 atom stereocenters. The summed E-state index contributed by atoms with van der Waals surface area (Å²) >= 11 is 0. The summed E-state index contributed by atoms with van der Waals surface area (Å²) in [5.74, 6) is 0.916. The van der Waals surface area contributed by atoms with Gasteiger partial charge in [0.05, 0.1) is 19.8 Å². The number of morpholine rings is 1. The van der Waals surface area contributed by atoms with Crippen LogP contribution < -0.4 is 10.6 Å². The van der Waals surface area contributed by atoms with E-state index in [9.17, 15) is 0 Å². The van der Waals surface area contributed by atoms with E-state index in [1.54, 1.807) is 0 Å². The highest BCUT2D eigenvalue weighted by atomic mass is 16.5. The van der Waals surface area contributed by atoms with Crippen molar-refractivity contribution < 1.29 is 4.74 Å². The predicted octanol–water partition coefficient (Wildman–Crippen LogP) is 0.602. The van der Waals surface area contributed by atoms with Crippen LogP contribution in [-0.4, -0.2) is 87.4 Å². The molecule has 1 aliphatic rings. The first-order valence-electron chi connectivity index (χ1n) is 8.58. The first-order chi connectivity index (χ1) is 10.5. The van der Waals surface area contributed by atoms with Crippen LogP contribution in [0.5, 0.6) is 0 Å². The third kappa shape index (κ3) is 7.42. The summed E-state index contributed by atoms with van der Waals surface area (Å²) in [7, 11) is 2.15. The molecule has 0 aliphatic carbocycles. The molecular weight excluding hydrogens is 278 g/mol. The van der Waals surface area contributed by atoms with E-state index in [1.165, 1.54) is 0 Å². The van der Waals surface area contributed by atoms with Gasteiger partial charge in [-0.15, -0.1) is 0 Å². The Morgan fingerprint density at radius 1 is 1.23 bits per heavy atom. The fraction of sp³-hybridized carbons (Fsp3) is 0.938. The fourth-order valence-electron chi connectivity index (χ4n) is 2.31. The molecule has 0 aromatic carbocycles. The Bertz CT molecular complexity index is 316. The van der Waals surface area contributed by atoms with Crippen molar-refractivity contribution in [2.24, 2.45) is 4.99 Å². The van der Waals surface area contributed by atoms with E-state index < -0.39 is 0 Å². The van der Waals surface area contributed by atoms with Crippen LogP contribution in [0, 0.1) is 0 Å². The molecule has 1 heterocycles. The SMILES string of the molecule is CCNC(=NCC(C)N1CCOCC1)NCCN(C)C(C)C. The quantitative estimate of drug-likeness (QED) is 0.508. The van der Waals surface area contributed by atoms with E-state index in [1.807, 2.05) is 0 Å². The van der Waals surface area contributed by atoms with Gasteiger partial charge in [0, 0.05) is 44.8 Å². The summed E-state index contributed by atoms with van der Waals surface area (Å²) in [6, 6.07) is 1.03. The molecule has 6 nitrogen and oxygen atoms in total. The number of aliphatic imine (C=N–C) groups is 1. The largest absolute Gasteiger partial charge is 0.379 e. The average molecular weight is 313 g/mol. The number of rotatable bonds is 8. The van der Waals surface area contributed by atoms with E-state index in [0.29, 0.717) is 12.1 Å². The minimum absolute atomic E-state index is 0.456. The topological polar surface area (TPSA) is 52.1 Å². The van der Waals surface area contributed by atoms with Crippen molar-refractivity contribution in [2.45, 2.75) is 39.8 Å². The van der Waals surface area contributed by atoms with Crippen molar-refractivity contribution in [3.8, 4) is 0 Å². The zero-order valence-corrected chi connectivity index (χ0v) is 15.1. The van der Waals surface area contributed by atoms with Crippen LogP contribution in [0.4, 0.5) is 0 Å². The minimum Gasteiger partial charge on any atom is -0.379 e. The van der Waals surface area contributed by atoms with Crippen LogP contribution in [-0.2, 0) is 4.74 Å². The lowest BCUT2D eigenvalue weighted by Crippen LogP contribution is -2.45. The van der Waals surface area contributed by atoms with Crippen molar-refractivity contribution in [3.05, 3.63) is 0 Å². The van der Waals surface area contributed by atoms with Crippen LogP contribution in [0.25, 0.3) is 0 Å². The minimum atomic E-state index is 0.456. The number of hydrogen-bond acceptors (Lipinski definition) is 4. The molecule has 1 fully saturated rings. The maximum Gasteiger partial charge on any atom is 0.191 e. The molecule has 0 saturated carbocycles. The number of hydrogen-bond donors (Lipinski definition) is 2. The van der Waals surface area contributed by atoms with Crippen molar-refractivity contribution in [2.75, 3.05) is 59.5 Å². The average Bonchev–Trinajstić information content (AvgIpc) is 2.52. The molecule has 0 radical (unpaired) electrons. The van der Waals surface area contributed by atoms with Crippen LogP contribution in [0.3, 0.4) is 0 Å². The van der Waals surface area contributed by atoms with E-state index in [2.05, 4.69) is 55.2 Å². The summed E-state index contributed by atoms with van der Waals surface area (Å²) in [4.78, 5) is 9.50. The normalized spacial score (nSPS) is 18.8. The second-order valence-corrected chi connectivity index (χ2v) is 6.22. The van der Waals surface area contributed by atoms with Gasteiger partial charge in [0.15, 0.2) is 5.96 Å². The predicted molar refractivity (Wildman–Crippen MR) is 93.6 cm³/mol. The van der Waals surface area contributed by atoms with Crippen molar-refractivity contribution in [1.82, 2.24) is 20.4 Å². The van der Waals surface area contributed by atoms with Gasteiger partial charge in [-0.1, -0.05) is 0 Å². The molecule has 0 amide bonds. The molecule has 1 aliphatic heterocycles. The van der Waals surface area contributed by atoms with E-state index >= 15 is 0 Å². The van der Waals surface area contributed by atoms with Gasteiger partial charge in [-0.05, 0) is 34.7 Å². The molecule has 6 heteroatoms. The lowest BCUT2D eigenvalue weighted by atomic mass is 10.2. The number of nitrogens with zero attached hydrogens (tertiary/aromatic N) is 3. The Morgan fingerprint density at radius 3 is 2.50 bits per heavy atom. The lowest BCUT2D eigenvalue weighted by molar-refractivity contribution is 0.0220. The molecule has 130 valence electrons. The van der Waals surface area contributed by atoms with Gasteiger partial charge >= 0.3 is 0 Å². The summed E-state index contributed by atoms with van der Waals surface area (Å²) in [6.07, 6.45) is 0. The number of guanidine groups is 1. The van der Waals surface area contributed by atoms with Gasteiger partial charge < -0.3 is 20.3 Å². The van der Waals surface area contributed by atoms with E-state index in [-0.39, 0.29) is 0 Å². The molecule has 1 rings (SSSR count). The highest BCUT2D eigenvalue weighted by Gasteiger charge is 2.16. The summed E-state index contributed by atoms with van der Waals surface area (Å²) in [6.45, 7) is 16.1. The van der Waals surface area contributed by atoms with E-state index in [4.69, 9.17) is 9.73 Å². The standard InChI is InChI=1S/C16H35N5O/c1-6-17-16(18-7-8-20(5)14(2)3)19-13-15(4)21-9-11-22-12-10-21/h14-15H,6-13H2,1-5H3,(H2,17,18,19). The molecule has 0 aromatic heterocycles. The fourth-order valence-corrected chi connectivity index (χ4v) is 2.31. The van der Waals surface area contributed by atoms with Crippen LogP contribution in [0.1, 0.15) is 27.7 Å².